The SMILES string of the molecule is CC1(c2nc(-c3ccccc3)nc(-c3ccc(C4=CC5=C(CC4)C4(c6ccccc6Oc6ccccc64)c4ccccc45)cc3)n2)C=CC=CC1. The number of hydrogen-bond acceptors (Lipinski definition) is 4. The first-order valence-corrected chi connectivity index (χ1v) is 17.8. The highest BCUT2D eigenvalue weighted by Gasteiger charge is 2.52. The Hall–Kier alpha value is -6.13. The maximum absolute atomic E-state index is 6.52. The lowest BCUT2D eigenvalue weighted by Gasteiger charge is -2.41. The van der Waals surface area contributed by atoms with Gasteiger partial charge in [0.15, 0.2) is 11.6 Å². The Labute approximate surface area is 298 Å². The van der Waals surface area contributed by atoms with Crippen LogP contribution >= 0.6 is 0 Å². The van der Waals surface area contributed by atoms with Gasteiger partial charge in [-0.15, -0.1) is 0 Å². The topological polar surface area (TPSA) is 47.9 Å². The summed E-state index contributed by atoms with van der Waals surface area (Å²) in [6.07, 6.45) is 13.8. The zero-order valence-corrected chi connectivity index (χ0v) is 28.4. The van der Waals surface area contributed by atoms with Gasteiger partial charge in [-0.3, -0.25) is 0 Å². The van der Waals surface area contributed by atoms with Crippen molar-refractivity contribution in [2.45, 2.75) is 37.0 Å². The lowest BCUT2D eigenvalue weighted by molar-refractivity contribution is 0.432. The van der Waals surface area contributed by atoms with Crippen LogP contribution < -0.4 is 4.74 Å². The van der Waals surface area contributed by atoms with Crippen molar-refractivity contribution in [3.8, 4) is 34.3 Å². The molecule has 0 fully saturated rings. The number of hydrogen-bond donors (Lipinski definition) is 0. The number of fused-ring (bicyclic) bond motifs is 8. The molecule has 0 bridgehead atoms. The molecule has 0 saturated carbocycles. The monoisotopic (exact) mass is 657 g/mol. The smallest absolute Gasteiger partial charge is 0.163 e. The van der Waals surface area contributed by atoms with Gasteiger partial charge in [0.05, 0.1) is 5.41 Å². The van der Waals surface area contributed by atoms with E-state index in [4.69, 9.17) is 19.7 Å². The first-order chi connectivity index (χ1) is 25.1. The van der Waals surface area contributed by atoms with Crippen LogP contribution in [0, 0.1) is 0 Å². The van der Waals surface area contributed by atoms with Gasteiger partial charge in [-0.2, -0.15) is 0 Å². The van der Waals surface area contributed by atoms with Gasteiger partial charge in [0.1, 0.15) is 17.3 Å². The van der Waals surface area contributed by atoms with Crippen LogP contribution in [0.3, 0.4) is 0 Å². The van der Waals surface area contributed by atoms with E-state index in [1.54, 1.807) is 0 Å². The summed E-state index contributed by atoms with van der Waals surface area (Å²) in [4.78, 5) is 15.1. The van der Waals surface area contributed by atoms with Crippen molar-refractivity contribution in [1.29, 1.82) is 0 Å². The Balaban J connectivity index is 1.07. The Morgan fingerprint density at radius 3 is 1.86 bits per heavy atom. The fourth-order valence-corrected chi connectivity index (χ4v) is 8.61. The summed E-state index contributed by atoms with van der Waals surface area (Å²) < 4.78 is 6.52. The van der Waals surface area contributed by atoms with Gasteiger partial charge < -0.3 is 4.74 Å². The van der Waals surface area contributed by atoms with Gasteiger partial charge >= 0.3 is 0 Å². The van der Waals surface area contributed by atoms with Gasteiger partial charge in [-0.1, -0.05) is 146 Å². The predicted molar refractivity (Wildman–Crippen MR) is 204 cm³/mol. The average molecular weight is 658 g/mol. The molecule has 0 N–H and O–H groups in total. The largest absolute Gasteiger partial charge is 0.457 e. The third-order valence-corrected chi connectivity index (χ3v) is 11.1. The molecule has 1 atom stereocenters. The van der Waals surface area contributed by atoms with Crippen molar-refractivity contribution < 1.29 is 4.74 Å². The lowest BCUT2D eigenvalue weighted by atomic mass is 9.64. The zero-order chi connectivity index (χ0) is 34.0. The molecule has 4 nitrogen and oxygen atoms in total. The zero-order valence-electron chi connectivity index (χ0n) is 28.4. The van der Waals surface area contributed by atoms with Crippen LogP contribution in [0.5, 0.6) is 11.5 Å². The van der Waals surface area contributed by atoms with E-state index in [-0.39, 0.29) is 10.8 Å². The summed E-state index contributed by atoms with van der Waals surface area (Å²) in [6.45, 7) is 2.20. The number of ether oxygens (including phenoxy) is 1. The third-order valence-electron chi connectivity index (χ3n) is 11.1. The molecule has 4 heteroatoms. The Morgan fingerprint density at radius 2 is 1.18 bits per heavy atom. The van der Waals surface area contributed by atoms with E-state index in [1.807, 2.05) is 18.2 Å². The summed E-state index contributed by atoms with van der Waals surface area (Å²) in [5.41, 5.74) is 11.7. The van der Waals surface area contributed by atoms with Gasteiger partial charge in [-0.05, 0) is 71.7 Å². The number of para-hydroxylation sites is 2. The summed E-state index contributed by atoms with van der Waals surface area (Å²) in [7, 11) is 0. The highest BCUT2D eigenvalue weighted by atomic mass is 16.5. The normalized spacial score (nSPS) is 19.1. The second-order valence-electron chi connectivity index (χ2n) is 14.1. The summed E-state index contributed by atoms with van der Waals surface area (Å²) in [5.74, 6) is 4.05. The van der Waals surface area contributed by atoms with E-state index < -0.39 is 0 Å². The van der Waals surface area contributed by atoms with Gasteiger partial charge in [-0.25, -0.2) is 15.0 Å². The van der Waals surface area contributed by atoms with E-state index in [2.05, 4.69) is 146 Å². The fourth-order valence-electron chi connectivity index (χ4n) is 8.61. The maximum atomic E-state index is 6.52. The van der Waals surface area contributed by atoms with Crippen molar-refractivity contribution in [3.05, 3.63) is 197 Å². The Morgan fingerprint density at radius 1 is 0.569 bits per heavy atom. The van der Waals surface area contributed by atoms with Gasteiger partial charge in [0.25, 0.3) is 0 Å². The van der Waals surface area contributed by atoms with Crippen molar-refractivity contribution >= 4 is 11.1 Å². The minimum Gasteiger partial charge on any atom is -0.457 e. The van der Waals surface area contributed by atoms with E-state index in [0.717, 1.165) is 47.7 Å². The molecule has 0 amide bonds. The van der Waals surface area contributed by atoms with E-state index in [1.165, 1.54) is 44.5 Å². The van der Waals surface area contributed by atoms with E-state index in [0.29, 0.717) is 11.6 Å². The lowest BCUT2D eigenvalue weighted by Crippen LogP contribution is -2.33. The number of aromatic nitrogens is 3. The Kier molecular flexibility index (Phi) is 6.69. The first kappa shape index (κ1) is 29.8. The molecule has 3 aliphatic carbocycles. The van der Waals surface area contributed by atoms with Crippen molar-refractivity contribution in [2.24, 2.45) is 0 Å². The number of benzene rings is 5. The molecule has 51 heavy (non-hydrogen) atoms. The molecule has 4 aliphatic rings. The molecule has 244 valence electrons. The van der Waals surface area contributed by atoms with Crippen molar-refractivity contribution in [1.82, 2.24) is 15.0 Å². The second kappa shape index (κ2) is 11.5. The van der Waals surface area contributed by atoms with Crippen LogP contribution in [0.1, 0.15) is 59.8 Å². The van der Waals surface area contributed by atoms with Crippen LogP contribution in [0.4, 0.5) is 0 Å². The van der Waals surface area contributed by atoms with Gasteiger partial charge in [0.2, 0.25) is 0 Å². The summed E-state index contributed by atoms with van der Waals surface area (Å²) in [6, 6.07) is 45.2. The van der Waals surface area contributed by atoms with Crippen LogP contribution in [0.15, 0.2) is 163 Å². The summed E-state index contributed by atoms with van der Waals surface area (Å²) >= 11 is 0. The number of nitrogens with zero attached hydrogens (tertiary/aromatic N) is 3. The molecular weight excluding hydrogens is 623 g/mol. The molecule has 5 aromatic carbocycles. The molecule has 0 saturated heterocycles. The molecule has 1 aliphatic heterocycles. The minimum absolute atomic E-state index is 0.297. The van der Waals surface area contributed by atoms with Crippen molar-refractivity contribution in [3.63, 3.8) is 0 Å². The maximum Gasteiger partial charge on any atom is 0.163 e. The first-order valence-electron chi connectivity index (χ1n) is 17.8. The fraction of sp³-hybridized carbons (Fsp3) is 0.128. The molecule has 1 unspecified atom stereocenters. The Bertz CT molecular complexity index is 2440. The van der Waals surface area contributed by atoms with Crippen LogP contribution in [0.25, 0.3) is 33.9 Å². The molecule has 1 spiro atoms. The van der Waals surface area contributed by atoms with E-state index >= 15 is 0 Å². The van der Waals surface area contributed by atoms with Crippen molar-refractivity contribution in [2.75, 3.05) is 0 Å². The number of allylic oxidation sites excluding steroid dienone is 8. The molecular formula is C47H35N3O. The number of rotatable bonds is 4. The standard InChI is InChI=1S/C47H35N3O/c1-46(28-12-3-13-29-46)45-49-43(32-14-4-2-5-15-32)48-44(50-45)33-24-22-31(23-25-33)34-26-27-38-36(30-34)35-16-6-7-17-37(35)47(38)39-18-8-10-20-41(39)51-42-21-11-9-19-40(42)47/h2-25,28,30H,26-27,29H2,1H3. The molecule has 6 aromatic rings. The van der Waals surface area contributed by atoms with Crippen LogP contribution in [-0.4, -0.2) is 15.0 Å². The van der Waals surface area contributed by atoms with Crippen LogP contribution in [-0.2, 0) is 10.8 Å². The minimum atomic E-state index is -0.379. The van der Waals surface area contributed by atoms with Crippen LogP contribution in [0.2, 0.25) is 0 Å². The predicted octanol–water partition coefficient (Wildman–Crippen LogP) is 11.1. The highest BCUT2D eigenvalue weighted by Crippen LogP contribution is 2.63. The van der Waals surface area contributed by atoms with Gasteiger partial charge in [0, 0.05) is 27.7 Å². The molecule has 2 heterocycles. The second-order valence-corrected chi connectivity index (χ2v) is 14.1. The quantitative estimate of drug-likeness (QED) is 0.189. The third kappa shape index (κ3) is 4.56. The average Bonchev–Trinajstić information content (AvgIpc) is 3.48. The molecule has 10 rings (SSSR count). The highest BCUT2D eigenvalue weighted by molar-refractivity contribution is 5.97. The molecule has 0 radical (unpaired) electrons. The summed E-state index contributed by atoms with van der Waals surface area (Å²) in [5, 5.41) is 0. The molecule has 1 aromatic heterocycles. The van der Waals surface area contributed by atoms with E-state index in [9.17, 15) is 0 Å².